The third kappa shape index (κ3) is 35.0. The molecule has 0 aliphatic heterocycles. The zero-order chi connectivity index (χ0) is 82.2. The van der Waals surface area contributed by atoms with Crippen molar-refractivity contribution in [2.45, 2.75) is 378 Å². The Morgan fingerprint density at radius 1 is 0.413 bits per heavy atom. The Morgan fingerprint density at radius 3 is 0.982 bits per heavy atom. The smallest absolute Gasteiger partial charge is 0.305 e. The lowest BCUT2D eigenvalue weighted by Gasteiger charge is -2.40. The highest BCUT2D eigenvalue weighted by Gasteiger charge is 2.53. The van der Waals surface area contributed by atoms with E-state index in [0.717, 1.165) is 144 Å². The highest BCUT2D eigenvalue weighted by atomic mass is 79.9. The summed E-state index contributed by atoms with van der Waals surface area (Å²) in [7, 11) is -4.96. The van der Waals surface area contributed by atoms with Crippen LogP contribution in [0.15, 0.2) is 95.5 Å². The Hall–Kier alpha value is -3.23. The number of esters is 2. The van der Waals surface area contributed by atoms with Crippen LogP contribution in [-0.4, -0.2) is 134 Å². The molecule has 3 aromatic carbocycles. The summed E-state index contributed by atoms with van der Waals surface area (Å²) in [4.78, 5) is 44.8. The first kappa shape index (κ1) is 100.0. The van der Waals surface area contributed by atoms with E-state index in [1.165, 1.54) is 14.2 Å². The number of halogens is 1. The van der Waals surface area contributed by atoms with Gasteiger partial charge in [0.25, 0.3) is 0 Å². The number of ether oxygens (including phenoxy) is 2. The molecule has 3 aliphatic carbocycles. The first-order chi connectivity index (χ1) is 50.7. The van der Waals surface area contributed by atoms with Crippen molar-refractivity contribution in [3.63, 3.8) is 0 Å². The Labute approximate surface area is 675 Å². The number of rotatable bonds is 40. The van der Waals surface area contributed by atoms with Crippen molar-refractivity contribution >= 4 is 73.4 Å². The van der Waals surface area contributed by atoms with E-state index in [0.29, 0.717) is 68.6 Å². The number of aliphatic hydroxyl groups excluding tert-OH is 4. The van der Waals surface area contributed by atoms with Gasteiger partial charge in [0.1, 0.15) is 6.29 Å². The molecule has 0 aromatic heterocycles. The van der Waals surface area contributed by atoms with Gasteiger partial charge in [-0.1, -0.05) is 236 Å². The Morgan fingerprint density at radius 2 is 0.688 bits per heavy atom. The maximum absolute atomic E-state index is 11.5. The van der Waals surface area contributed by atoms with Crippen molar-refractivity contribution in [3.05, 3.63) is 107 Å². The number of benzene rings is 3. The fraction of sp³-hybridized carbons (Fsp3) is 0.753. The molecule has 3 aliphatic rings. The van der Waals surface area contributed by atoms with Crippen molar-refractivity contribution < 1.29 is 71.9 Å². The van der Waals surface area contributed by atoms with Gasteiger partial charge < -0.3 is 57.5 Å². The zero-order valence-corrected chi connectivity index (χ0v) is 77.7. The first-order valence-electron chi connectivity index (χ1n) is 41.8. The minimum atomic E-state index is -2.00. The van der Waals surface area contributed by atoms with E-state index in [4.69, 9.17) is 32.3 Å². The van der Waals surface area contributed by atoms with E-state index in [1.54, 1.807) is 0 Å². The average molecular weight is 1660 g/mol. The summed E-state index contributed by atoms with van der Waals surface area (Å²) >= 11 is 3.31. The molecule has 5 N–H and O–H groups in total. The second-order valence-electron chi connectivity index (χ2n) is 37.9. The molecule has 4 unspecified atom stereocenters. The summed E-state index contributed by atoms with van der Waals surface area (Å²) in [5.41, 5.74) is 1.87. The third-order valence-electron chi connectivity index (χ3n) is 25.7. The molecule has 3 aromatic rings. The van der Waals surface area contributed by atoms with Gasteiger partial charge in [0, 0.05) is 30.2 Å². The van der Waals surface area contributed by atoms with Gasteiger partial charge in [-0.05, 0) is 221 Å². The molecule has 0 heterocycles. The van der Waals surface area contributed by atoms with Crippen LogP contribution in [0.3, 0.4) is 0 Å². The summed E-state index contributed by atoms with van der Waals surface area (Å²) in [5.74, 6) is 0.620. The van der Waals surface area contributed by atoms with Crippen molar-refractivity contribution in [3.8, 4) is 0 Å². The molecule has 3 fully saturated rings. The van der Waals surface area contributed by atoms with Crippen molar-refractivity contribution in [2.75, 3.05) is 14.2 Å². The number of carboxylic acids is 1. The van der Waals surface area contributed by atoms with Crippen molar-refractivity contribution in [2.24, 2.45) is 35.5 Å². The number of aldehydes is 1. The SMILES string of the molecule is Brc1ccccc1.COC(=O)CCCCCC[C@H]1C(O[Si](C)(C)C(C)(C)C)C[C@@H](O[Si](C)(C)C(C)(C)C)[C@@H]1CCC(O)c1ccccc1.COC(=O)CCCCCC[C@H]1C(O[Si](C)(C)C(C)(C)C)C[C@@H](O[Si](C)(C)C(C)(C)C)[C@@H]1CCC=O.O=C(O)CCCCCC[C@@H]1[C@@H](CCC(O)c2ccccc2)[C@H](O)C[C@@H]1O. The number of carboxylic acid groups (broad SMARTS) is 1. The normalized spacial score (nSPS) is 23.3. The topological polar surface area (TPSA) is 225 Å². The standard InChI is InChI=1S/C34H62O5Si2.C28H56O5Si2.C21H32O5.C6H5Br/c1-33(2,3)40(8,9)38-30-25-31(39-41(10,11)34(4,5)6)28(23-24-29(35)26-19-15-14-16-20-26)27(30)21-17-12-13-18-22-32(36)37-7;1-27(2,3)34(8,9)32-24-21-25(33-35(10,11)28(4,5)6)23(18-16-20-29)22(24)17-14-12-13-15-19-26(30)31-7;22-18(15-8-4-3-5-9-15)13-12-17-16(19(23)14-20(17)24)10-6-1-2-7-11-21(25)26;7-6-4-2-1-3-5-6/h14-16,19-20,27-31,35H,12-13,17-18,21-25H2,1-11H3;20,22-25H,12-19,21H2,1-11H3;3-5,8-9,16-20,22-24H,1-2,6-7,10-14H2,(H,25,26);1-5H/t27-,28-,29?,30?,31-;22-,23-,24?,25-;16-,17-,18?,19+,20-;/m111./s1. The molecule has 6 rings (SSSR count). The van der Waals surface area contributed by atoms with Crippen LogP contribution < -0.4 is 0 Å². The molecule has 20 heteroatoms. The molecule has 0 amide bonds. The molecule has 14 atom stereocenters. The largest absolute Gasteiger partial charge is 0.481 e. The predicted molar refractivity (Wildman–Crippen MR) is 461 cm³/mol. The highest BCUT2D eigenvalue weighted by Crippen LogP contribution is 2.52. The monoisotopic (exact) mass is 1650 g/mol. The Bertz CT molecular complexity index is 3000. The molecule has 0 spiro atoms. The van der Waals surface area contributed by atoms with Gasteiger partial charge in [-0.25, -0.2) is 0 Å². The van der Waals surface area contributed by atoms with E-state index < -0.39 is 63.7 Å². The quantitative estimate of drug-likeness (QED) is 0.0155. The lowest BCUT2D eigenvalue weighted by Crippen LogP contribution is -2.45. The van der Waals surface area contributed by atoms with Crippen molar-refractivity contribution in [1.82, 2.24) is 0 Å². The summed E-state index contributed by atoms with van der Waals surface area (Å²) in [6.45, 7) is 46.5. The number of carbonyl (C=O) groups is 4. The lowest BCUT2D eigenvalue weighted by atomic mass is 9.84. The molecule has 15 nitrogen and oxygen atoms in total. The van der Waals surface area contributed by atoms with Crippen LogP contribution in [0.5, 0.6) is 0 Å². The number of methoxy groups -OCH3 is 2. The number of carbonyl (C=O) groups excluding carboxylic acids is 3. The molecule has 0 saturated heterocycles. The first-order valence-corrected chi connectivity index (χ1v) is 54.2. The van der Waals surface area contributed by atoms with Crippen LogP contribution in [0.4, 0.5) is 0 Å². The Balaban J connectivity index is 0.000000412. The van der Waals surface area contributed by atoms with Gasteiger partial charge in [0.05, 0.1) is 63.1 Å². The van der Waals surface area contributed by atoms with Crippen LogP contribution >= 0.6 is 15.9 Å². The third-order valence-corrected chi connectivity index (χ3v) is 44.3. The number of unbranched alkanes of at least 4 members (excludes halogenated alkanes) is 9. The van der Waals surface area contributed by atoms with Crippen LogP contribution in [0.25, 0.3) is 0 Å². The second-order valence-corrected chi connectivity index (χ2v) is 57.9. The summed E-state index contributed by atoms with van der Waals surface area (Å²) in [6.07, 6.45) is 22.4. The van der Waals surface area contributed by atoms with E-state index in [1.807, 2.05) is 91.0 Å². The minimum absolute atomic E-state index is 0.0161. The number of aliphatic carboxylic acids is 1. The predicted octanol–water partition coefficient (Wildman–Crippen LogP) is 23.1. The van der Waals surface area contributed by atoms with Crippen molar-refractivity contribution in [1.29, 1.82) is 0 Å². The lowest BCUT2D eigenvalue weighted by molar-refractivity contribution is -0.141. The zero-order valence-electron chi connectivity index (χ0n) is 72.1. The molecule has 0 bridgehead atoms. The fourth-order valence-corrected chi connectivity index (χ4v) is 20.7. The van der Waals surface area contributed by atoms with Gasteiger partial charge in [0.15, 0.2) is 33.3 Å². The van der Waals surface area contributed by atoms with Gasteiger partial charge in [0.2, 0.25) is 0 Å². The fourth-order valence-electron chi connectivity index (χ4n) is 14.9. The molecule has 109 heavy (non-hydrogen) atoms. The number of aliphatic hydroxyl groups is 4. The summed E-state index contributed by atoms with van der Waals surface area (Å²) < 4.78 is 39.2. The maximum atomic E-state index is 11.5. The van der Waals surface area contributed by atoms with Gasteiger partial charge in [-0.15, -0.1) is 0 Å². The minimum Gasteiger partial charge on any atom is -0.481 e. The maximum Gasteiger partial charge on any atom is 0.305 e. The average Bonchev–Trinajstić information content (AvgIpc) is 1.64. The molecule has 0 radical (unpaired) electrons. The van der Waals surface area contributed by atoms with Gasteiger partial charge in [-0.3, -0.25) is 14.4 Å². The van der Waals surface area contributed by atoms with E-state index >= 15 is 0 Å². The van der Waals surface area contributed by atoms with Gasteiger partial charge >= 0.3 is 17.9 Å². The summed E-state index contributed by atoms with van der Waals surface area (Å²) in [6, 6.07) is 29.6. The Kier molecular flexibility index (Phi) is 43.8. The van der Waals surface area contributed by atoms with E-state index in [9.17, 15) is 39.6 Å². The highest BCUT2D eigenvalue weighted by molar-refractivity contribution is 9.10. The van der Waals surface area contributed by atoms with Crippen LogP contribution in [0.2, 0.25) is 72.5 Å². The van der Waals surface area contributed by atoms with Crippen LogP contribution in [0.1, 0.15) is 280 Å². The van der Waals surface area contributed by atoms with E-state index in [2.05, 4.69) is 151 Å². The molecule has 624 valence electrons. The molecular formula is C89H155BrO15Si4. The number of hydrogen-bond acceptors (Lipinski definition) is 14. The van der Waals surface area contributed by atoms with Crippen LogP contribution in [0, 0.1) is 35.5 Å². The molecule has 3 saturated carbocycles. The molecular weight excluding hydrogens is 1500 g/mol. The second kappa shape index (κ2) is 47.7. The summed E-state index contributed by atoms with van der Waals surface area (Å²) in [5, 5.41) is 51.3. The van der Waals surface area contributed by atoms with E-state index in [-0.39, 0.29) is 74.8 Å². The van der Waals surface area contributed by atoms with Crippen LogP contribution in [-0.2, 0) is 46.4 Å². The van der Waals surface area contributed by atoms with Gasteiger partial charge in [-0.2, -0.15) is 0 Å². The number of hydrogen-bond donors (Lipinski definition) is 5.